The summed E-state index contributed by atoms with van der Waals surface area (Å²) in [7, 11) is 0. The Morgan fingerprint density at radius 3 is 2.75 bits per heavy atom. The van der Waals surface area contributed by atoms with Gasteiger partial charge in [-0.2, -0.15) is 0 Å². The minimum atomic E-state index is -0.624. The van der Waals surface area contributed by atoms with Crippen LogP contribution in [0.15, 0.2) is 24.3 Å². The lowest BCUT2D eigenvalue weighted by Crippen LogP contribution is -2.36. The molecule has 0 saturated carbocycles. The van der Waals surface area contributed by atoms with Crippen LogP contribution < -0.4 is 5.73 Å². The lowest BCUT2D eigenvalue weighted by atomic mass is 9.95. The van der Waals surface area contributed by atoms with Crippen molar-refractivity contribution in [2.24, 2.45) is 5.73 Å². The van der Waals surface area contributed by atoms with Gasteiger partial charge in [-0.25, -0.2) is 0 Å². The summed E-state index contributed by atoms with van der Waals surface area (Å²) < 4.78 is 1.13. The fraction of sp³-hybridized carbons (Fsp3) is 0.333. The minimum Gasteiger partial charge on any atom is -0.394 e. The normalized spacial score (nSPS) is 15.7. The van der Waals surface area contributed by atoms with E-state index in [1.807, 2.05) is 31.2 Å². The molecule has 0 radical (unpaired) electrons. The molecule has 1 rings (SSSR count). The highest BCUT2D eigenvalue weighted by Gasteiger charge is 2.19. The van der Waals surface area contributed by atoms with Crippen LogP contribution in [0.1, 0.15) is 12.5 Å². The van der Waals surface area contributed by atoms with E-state index in [2.05, 4.69) is 22.6 Å². The molecule has 0 spiro atoms. The molecule has 12 heavy (non-hydrogen) atoms. The Morgan fingerprint density at radius 2 is 2.25 bits per heavy atom. The van der Waals surface area contributed by atoms with E-state index in [1.165, 1.54) is 0 Å². The third-order valence-corrected chi connectivity index (χ3v) is 2.48. The summed E-state index contributed by atoms with van der Waals surface area (Å²) >= 11 is 2.22. The van der Waals surface area contributed by atoms with Crippen LogP contribution in [-0.4, -0.2) is 11.7 Å². The molecule has 0 amide bonds. The SMILES string of the molecule is C[C@](N)(CO)c1cccc(I)c1. The van der Waals surface area contributed by atoms with Crippen molar-refractivity contribution >= 4 is 22.6 Å². The largest absolute Gasteiger partial charge is 0.394 e. The molecule has 0 aromatic heterocycles. The molecule has 1 aromatic rings. The zero-order chi connectivity index (χ0) is 9.19. The van der Waals surface area contributed by atoms with Crippen LogP contribution in [0, 0.1) is 3.57 Å². The van der Waals surface area contributed by atoms with Crippen molar-refractivity contribution in [2.45, 2.75) is 12.5 Å². The Bertz CT molecular complexity index is 273. The smallest absolute Gasteiger partial charge is 0.0650 e. The van der Waals surface area contributed by atoms with Gasteiger partial charge in [0.05, 0.1) is 12.1 Å². The van der Waals surface area contributed by atoms with Crippen molar-refractivity contribution < 1.29 is 5.11 Å². The van der Waals surface area contributed by atoms with Gasteiger partial charge in [-0.05, 0) is 47.2 Å². The predicted octanol–water partition coefficient (Wildman–Crippen LogP) is 1.46. The van der Waals surface area contributed by atoms with Crippen molar-refractivity contribution in [1.82, 2.24) is 0 Å². The highest BCUT2D eigenvalue weighted by Crippen LogP contribution is 2.18. The number of benzene rings is 1. The van der Waals surface area contributed by atoms with Gasteiger partial charge in [0.2, 0.25) is 0 Å². The first-order chi connectivity index (χ1) is 5.56. The third-order valence-electron chi connectivity index (χ3n) is 1.81. The van der Waals surface area contributed by atoms with Gasteiger partial charge in [0.25, 0.3) is 0 Å². The average molecular weight is 277 g/mol. The molecule has 0 aliphatic heterocycles. The van der Waals surface area contributed by atoms with Crippen LogP contribution in [0.25, 0.3) is 0 Å². The molecule has 0 saturated heterocycles. The van der Waals surface area contributed by atoms with Gasteiger partial charge in [-0.1, -0.05) is 12.1 Å². The molecule has 0 aliphatic rings. The highest BCUT2D eigenvalue weighted by atomic mass is 127. The van der Waals surface area contributed by atoms with Gasteiger partial charge in [-0.15, -0.1) is 0 Å². The fourth-order valence-electron chi connectivity index (χ4n) is 0.935. The van der Waals surface area contributed by atoms with E-state index in [0.717, 1.165) is 9.13 Å². The molecule has 0 heterocycles. The topological polar surface area (TPSA) is 46.2 Å². The van der Waals surface area contributed by atoms with Crippen LogP contribution in [0.4, 0.5) is 0 Å². The maximum atomic E-state index is 9.01. The summed E-state index contributed by atoms with van der Waals surface area (Å²) in [6.07, 6.45) is 0. The van der Waals surface area contributed by atoms with E-state index in [4.69, 9.17) is 10.8 Å². The molecule has 2 nitrogen and oxygen atoms in total. The van der Waals surface area contributed by atoms with Gasteiger partial charge < -0.3 is 10.8 Å². The molecule has 1 atom stereocenters. The van der Waals surface area contributed by atoms with Crippen molar-refractivity contribution in [1.29, 1.82) is 0 Å². The lowest BCUT2D eigenvalue weighted by Gasteiger charge is -2.22. The number of aliphatic hydroxyl groups excluding tert-OH is 1. The van der Waals surface area contributed by atoms with Gasteiger partial charge in [0.1, 0.15) is 0 Å². The first-order valence-electron chi connectivity index (χ1n) is 3.72. The zero-order valence-electron chi connectivity index (χ0n) is 6.92. The van der Waals surface area contributed by atoms with Crippen LogP contribution in [0.3, 0.4) is 0 Å². The molecule has 0 fully saturated rings. The van der Waals surface area contributed by atoms with Crippen molar-refractivity contribution in [2.75, 3.05) is 6.61 Å². The summed E-state index contributed by atoms with van der Waals surface area (Å²) in [5.74, 6) is 0. The van der Waals surface area contributed by atoms with Crippen LogP contribution >= 0.6 is 22.6 Å². The Labute approximate surface area is 85.9 Å². The molecular weight excluding hydrogens is 265 g/mol. The van der Waals surface area contributed by atoms with E-state index in [0.29, 0.717) is 0 Å². The average Bonchev–Trinajstić information content (AvgIpc) is 2.05. The number of nitrogens with two attached hydrogens (primary N) is 1. The van der Waals surface area contributed by atoms with Crippen LogP contribution in [0.2, 0.25) is 0 Å². The van der Waals surface area contributed by atoms with E-state index in [1.54, 1.807) is 0 Å². The molecule has 0 bridgehead atoms. The molecule has 0 unspecified atom stereocenters. The molecule has 0 aliphatic carbocycles. The van der Waals surface area contributed by atoms with Crippen LogP contribution in [-0.2, 0) is 5.54 Å². The van der Waals surface area contributed by atoms with Gasteiger partial charge in [0, 0.05) is 3.57 Å². The number of rotatable bonds is 2. The standard InChI is InChI=1S/C9H12INO/c1-9(11,6-12)7-3-2-4-8(10)5-7/h2-5,12H,6,11H2,1H3/t9-/m0/s1. The molecule has 3 N–H and O–H groups in total. The fourth-order valence-corrected chi connectivity index (χ4v) is 1.48. The van der Waals surface area contributed by atoms with Crippen molar-refractivity contribution in [3.63, 3.8) is 0 Å². The van der Waals surface area contributed by atoms with Crippen molar-refractivity contribution in [3.05, 3.63) is 33.4 Å². The van der Waals surface area contributed by atoms with E-state index in [9.17, 15) is 0 Å². The summed E-state index contributed by atoms with van der Waals surface area (Å²) in [5.41, 5.74) is 6.20. The van der Waals surface area contributed by atoms with E-state index >= 15 is 0 Å². The third kappa shape index (κ3) is 2.18. The predicted molar refractivity (Wildman–Crippen MR) is 57.8 cm³/mol. The Hall–Kier alpha value is -0.130. The van der Waals surface area contributed by atoms with Crippen LogP contribution in [0.5, 0.6) is 0 Å². The van der Waals surface area contributed by atoms with Gasteiger partial charge >= 0.3 is 0 Å². The summed E-state index contributed by atoms with van der Waals surface area (Å²) in [6, 6.07) is 7.85. The van der Waals surface area contributed by atoms with Crippen molar-refractivity contribution in [3.8, 4) is 0 Å². The van der Waals surface area contributed by atoms with Gasteiger partial charge in [0.15, 0.2) is 0 Å². The Morgan fingerprint density at radius 1 is 1.58 bits per heavy atom. The van der Waals surface area contributed by atoms with E-state index in [-0.39, 0.29) is 6.61 Å². The number of hydrogen-bond donors (Lipinski definition) is 2. The zero-order valence-corrected chi connectivity index (χ0v) is 9.08. The summed E-state index contributed by atoms with van der Waals surface area (Å²) in [5, 5.41) is 9.01. The monoisotopic (exact) mass is 277 g/mol. The quantitative estimate of drug-likeness (QED) is 0.804. The highest BCUT2D eigenvalue weighted by molar-refractivity contribution is 14.1. The summed E-state index contributed by atoms with van der Waals surface area (Å²) in [6.45, 7) is 1.78. The lowest BCUT2D eigenvalue weighted by molar-refractivity contribution is 0.210. The van der Waals surface area contributed by atoms with Gasteiger partial charge in [-0.3, -0.25) is 0 Å². The molecule has 1 aromatic carbocycles. The maximum absolute atomic E-state index is 9.01. The first-order valence-corrected chi connectivity index (χ1v) is 4.80. The maximum Gasteiger partial charge on any atom is 0.0650 e. The first kappa shape index (κ1) is 9.95. The Kier molecular flexibility index (Phi) is 3.09. The molecular formula is C9H12INO. The second-order valence-electron chi connectivity index (χ2n) is 3.09. The number of aliphatic hydroxyl groups is 1. The minimum absolute atomic E-state index is 0.0346. The second kappa shape index (κ2) is 3.72. The molecule has 3 heteroatoms. The second-order valence-corrected chi connectivity index (χ2v) is 4.33. The summed E-state index contributed by atoms with van der Waals surface area (Å²) in [4.78, 5) is 0. The molecule has 66 valence electrons. The number of halogens is 1. The Balaban J connectivity index is 3.03. The van der Waals surface area contributed by atoms with E-state index < -0.39 is 5.54 Å². The number of hydrogen-bond acceptors (Lipinski definition) is 2.